The molecule has 0 saturated carbocycles. The first-order valence-electron chi connectivity index (χ1n) is 8.69. The van der Waals surface area contributed by atoms with Crippen LogP contribution in [-0.2, 0) is 6.42 Å². The van der Waals surface area contributed by atoms with E-state index >= 15 is 0 Å². The van der Waals surface area contributed by atoms with Gasteiger partial charge < -0.3 is 5.32 Å². The Labute approximate surface area is 158 Å². The normalized spacial score (nSPS) is 14.4. The van der Waals surface area contributed by atoms with Gasteiger partial charge in [-0.25, -0.2) is 13.2 Å². The lowest BCUT2D eigenvalue weighted by Gasteiger charge is -2.19. The van der Waals surface area contributed by atoms with Gasteiger partial charge in [0, 0.05) is 24.2 Å². The monoisotopic (exact) mass is 384 g/mol. The highest BCUT2D eigenvalue weighted by Crippen LogP contribution is 2.30. The third-order valence-electron chi connectivity index (χ3n) is 4.89. The van der Waals surface area contributed by atoms with Crippen molar-refractivity contribution in [2.45, 2.75) is 19.3 Å². The number of nitrogens with zero attached hydrogens (tertiary/aromatic N) is 3. The van der Waals surface area contributed by atoms with Gasteiger partial charge in [-0.2, -0.15) is 5.10 Å². The second-order valence-electron chi connectivity index (χ2n) is 6.59. The number of carbonyl (C=O) groups excluding carboxylic acids is 1. The number of halogens is 3. The van der Waals surface area contributed by atoms with E-state index in [0.29, 0.717) is 35.5 Å². The SMILES string of the molecule is C[C@@H](c1cnnc(-c2nccc3c2CCNC3=O)c1)c1cc(F)c(F)c(F)c1. The summed E-state index contributed by atoms with van der Waals surface area (Å²) in [7, 11) is 0. The van der Waals surface area contributed by atoms with Crippen molar-refractivity contribution < 1.29 is 18.0 Å². The summed E-state index contributed by atoms with van der Waals surface area (Å²) >= 11 is 0. The largest absolute Gasteiger partial charge is 0.352 e. The molecule has 0 aliphatic carbocycles. The molecule has 0 unspecified atom stereocenters. The van der Waals surface area contributed by atoms with Crippen LogP contribution >= 0.6 is 0 Å². The van der Waals surface area contributed by atoms with Crippen molar-refractivity contribution in [1.29, 1.82) is 0 Å². The minimum atomic E-state index is -1.50. The van der Waals surface area contributed by atoms with Crippen LogP contribution < -0.4 is 5.32 Å². The minimum Gasteiger partial charge on any atom is -0.352 e. The Balaban J connectivity index is 1.75. The van der Waals surface area contributed by atoms with Crippen LogP contribution in [0.25, 0.3) is 11.4 Å². The fourth-order valence-corrected chi connectivity index (χ4v) is 3.33. The molecule has 1 N–H and O–H groups in total. The lowest BCUT2D eigenvalue weighted by atomic mass is 9.92. The molecular weight excluding hydrogens is 369 g/mol. The molecule has 0 spiro atoms. The number of amides is 1. The van der Waals surface area contributed by atoms with Crippen molar-refractivity contribution in [2.24, 2.45) is 0 Å². The van der Waals surface area contributed by atoms with Crippen molar-refractivity contribution in [3.63, 3.8) is 0 Å². The van der Waals surface area contributed by atoms with Gasteiger partial charge in [0.2, 0.25) is 0 Å². The average Bonchev–Trinajstić information content (AvgIpc) is 2.71. The Bertz CT molecular complexity index is 1060. The number of nitrogens with one attached hydrogen (secondary N) is 1. The summed E-state index contributed by atoms with van der Waals surface area (Å²) in [5.41, 5.74) is 3.24. The first kappa shape index (κ1) is 18.1. The van der Waals surface area contributed by atoms with Gasteiger partial charge in [-0.05, 0) is 47.4 Å². The van der Waals surface area contributed by atoms with Gasteiger partial charge in [-0.15, -0.1) is 5.10 Å². The van der Waals surface area contributed by atoms with Gasteiger partial charge in [-0.1, -0.05) is 6.92 Å². The van der Waals surface area contributed by atoms with Gasteiger partial charge in [0.05, 0.1) is 11.9 Å². The number of hydrogen-bond acceptors (Lipinski definition) is 4. The van der Waals surface area contributed by atoms with E-state index in [1.54, 1.807) is 19.1 Å². The molecule has 3 aromatic rings. The highest BCUT2D eigenvalue weighted by atomic mass is 19.2. The predicted octanol–water partition coefficient (Wildman–Crippen LogP) is 3.39. The number of hydrogen-bond donors (Lipinski definition) is 1. The summed E-state index contributed by atoms with van der Waals surface area (Å²) in [5, 5.41) is 10.9. The first-order chi connectivity index (χ1) is 13.5. The van der Waals surface area contributed by atoms with E-state index < -0.39 is 23.4 Å². The van der Waals surface area contributed by atoms with Gasteiger partial charge in [0.25, 0.3) is 5.91 Å². The summed E-state index contributed by atoms with van der Waals surface area (Å²) in [6.07, 6.45) is 3.62. The molecule has 1 atom stereocenters. The Morgan fingerprint density at radius 3 is 2.61 bits per heavy atom. The quantitative estimate of drug-likeness (QED) is 0.703. The zero-order chi connectivity index (χ0) is 19.8. The zero-order valence-electron chi connectivity index (χ0n) is 14.8. The number of aromatic nitrogens is 3. The van der Waals surface area contributed by atoms with Crippen LogP contribution in [0.1, 0.15) is 39.9 Å². The van der Waals surface area contributed by atoms with E-state index in [1.165, 1.54) is 12.4 Å². The van der Waals surface area contributed by atoms with Crippen LogP contribution in [0.3, 0.4) is 0 Å². The summed E-state index contributed by atoms with van der Waals surface area (Å²) in [6, 6.07) is 5.30. The first-order valence-corrected chi connectivity index (χ1v) is 8.69. The molecule has 0 bridgehead atoms. The fourth-order valence-electron chi connectivity index (χ4n) is 3.33. The molecule has 28 heavy (non-hydrogen) atoms. The molecule has 1 aliphatic rings. The van der Waals surface area contributed by atoms with Crippen molar-refractivity contribution in [1.82, 2.24) is 20.5 Å². The molecular formula is C20H15F3N4O. The number of fused-ring (bicyclic) bond motifs is 1. The smallest absolute Gasteiger partial charge is 0.251 e. The average molecular weight is 384 g/mol. The molecule has 0 saturated heterocycles. The molecule has 1 amide bonds. The van der Waals surface area contributed by atoms with Gasteiger partial charge >= 0.3 is 0 Å². The summed E-state index contributed by atoms with van der Waals surface area (Å²) in [6.45, 7) is 2.23. The van der Waals surface area contributed by atoms with Crippen LogP contribution in [-0.4, -0.2) is 27.6 Å². The lowest BCUT2D eigenvalue weighted by molar-refractivity contribution is 0.0946. The van der Waals surface area contributed by atoms with E-state index in [9.17, 15) is 18.0 Å². The Kier molecular flexibility index (Phi) is 4.54. The van der Waals surface area contributed by atoms with Crippen molar-refractivity contribution in [2.75, 3.05) is 6.54 Å². The minimum absolute atomic E-state index is 0.167. The molecule has 0 fully saturated rings. The van der Waals surface area contributed by atoms with Gasteiger partial charge in [-0.3, -0.25) is 9.78 Å². The second kappa shape index (κ2) is 7.03. The van der Waals surface area contributed by atoms with Crippen molar-refractivity contribution in [3.05, 3.63) is 76.4 Å². The van der Waals surface area contributed by atoms with E-state index in [0.717, 1.165) is 17.7 Å². The number of rotatable bonds is 3. The Hall–Kier alpha value is -3.29. The molecule has 5 nitrogen and oxygen atoms in total. The van der Waals surface area contributed by atoms with E-state index in [1.807, 2.05) is 0 Å². The Morgan fingerprint density at radius 1 is 1.11 bits per heavy atom. The number of carbonyl (C=O) groups is 1. The summed E-state index contributed by atoms with van der Waals surface area (Å²) < 4.78 is 40.4. The lowest BCUT2D eigenvalue weighted by Crippen LogP contribution is -2.32. The molecule has 2 aromatic heterocycles. The highest BCUT2D eigenvalue weighted by molar-refractivity contribution is 5.98. The van der Waals surface area contributed by atoms with Gasteiger partial charge in [0.15, 0.2) is 17.5 Å². The van der Waals surface area contributed by atoms with E-state index in [2.05, 4.69) is 20.5 Å². The predicted molar refractivity (Wildman–Crippen MR) is 95.1 cm³/mol. The van der Waals surface area contributed by atoms with Crippen LogP contribution in [0.5, 0.6) is 0 Å². The molecule has 3 heterocycles. The van der Waals surface area contributed by atoms with Gasteiger partial charge in [0.1, 0.15) is 5.69 Å². The van der Waals surface area contributed by atoms with Crippen LogP contribution in [0, 0.1) is 17.5 Å². The molecule has 1 aromatic carbocycles. The highest BCUT2D eigenvalue weighted by Gasteiger charge is 2.22. The van der Waals surface area contributed by atoms with Crippen molar-refractivity contribution in [3.8, 4) is 11.4 Å². The molecule has 142 valence electrons. The maximum Gasteiger partial charge on any atom is 0.251 e. The maximum absolute atomic E-state index is 13.6. The van der Waals surface area contributed by atoms with Crippen LogP contribution in [0.15, 0.2) is 36.7 Å². The second-order valence-corrected chi connectivity index (χ2v) is 6.59. The van der Waals surface area contributed by atoms with E-state index in [4.69, 9.17) is 0 Å². The standard InChI is InChI=1S/C20H15F3N4O/c1-10(11-6-15(21)18(23)16(22)7-11)12-8-17(27-26-9-12)19-13-2-5-25-20(28)14(13)3-4-24-19/h3-4,6-10H,2,5H2,1H3,(H,25,28)/t10-/m1/s1. The third kappa shape index (κ3) is 3.11. The van der Waals surface area contributed by atoms with Crippen LogP contribution in [0.2, 0.25) is 0 Å². The zero-order valence-corrected chi connectivity index (χ0v) is 14.8. The van der Waals surface area contributed by atoms with Crippen molar-refractivity contribution >= 4 is 5.91 Å². The maximum atomic E-state index is 13.6. The van der Waals surface area contributed by atoms with Crippen LogP contribution in [0.4, 0.5) is 13.2 Å². The summed E-state index contributed by atoms with van der Waals surface area (Å²) in [4.78, 5) is 16.4. The molecule has 4 rings (SSSR count). The Morgan fingerprint density at radius 2 is 1.86 bits per heavy atom. The third-order valence-corrected chi connectivity index (χ3v) is 4.89. The summed E-state index contributed by atoms with van der Waals surface area (Å²) in [5.74, 6) is -4.60. The number of pyridine rings is 1. The molecule has 1 aliphatic heterocycles. The van der Waals surface area contributed by atoms with E-state index in [-0.39, 0.29) is 11.5 Å². The number of benzene rings is 1. The molecule has 0 radical (unpaired) electrons. The topological polar surface area (TPSA) is 67.8 Å². The fraction of sp³-hybridized carbons (Fsp3) is 0.200. The molecule has 8 heteroatoms.